The molecule has 0 aliphatic carbocycles. The van der Waals surface area contributed by atoms with Crippen LogP contribution in [0.3, 0.4) is 0 Å². The molecule has 0 atom stereocenters. The fourth-order valence-corrected chi connectivity index (χ4v) is 0. The maximum atomic E-state index is 0. The summed E-state index contributed by atoms with van der Waals surface area (Å²) in [5.41, 5.74) is 0. The standard InChI is InChI=1S/Ag.Cd.In.Sn. The van der Waals surface area contributed by atoms with E-state index in [0.29, 0.717) is 0 Å². The Morgan fingerprint density at radius 1 is 1.00 bits per heavy atom. The van der Waals surface area contributed by atoms with E-state index < -0.39 is 0 Å². The smallest absolute Gasteiger partial charge is 0 e. The van der Waals surface area contributed by atoms with Gasteiger partial charge in [0.25, 0.3) is 0 Å². The number of hydrogen-bond donors (Lipinski definition) is 0. The molecule has 0 saturated heterocycles. The molecule has 0 aliphatic heterocycles. The Hall–Kier alpha value is 3.33. The van der Waals surface area contributed by atoms with Gasteiger partial charge in [-0.15, -0.1) is 0 Å². The Bertz CT molecular complexity index is 8.00. The molecule has 0 aliphatic rings. The third kappa shape index (κ3) is 9.01. The first kappa shape index (κ1) is 26.5. The fraction of sp³-hybridized carbons (Fsp3) is 0. The summed E-state index contributed by atoms with van der Waals surface area (Å²) in [4.78, 5) is 0. The van der Waals surface area contributed by atoms with Crippen molar-refractivity contribution >= 4 is 49.8 Å². The molecule has 0 fully saturated rings. The second-order valence-electron chi connectivity index (χ2n) is 0. The summed E-state index contributed by atoms with van der Waals surface area (Å²) in [5.74, 6) is 0. The van der Waals surface area contributed by atoms with Gasteiger partial charge < -0.3 is 0 Å². The van der Waals surface area contributed by atoms with Gasteiger partial charge in [-0.25, -0.2) is 0 Å². The van der Waals surface area contributed by atoms with E-state index in [9.17, 15) is 0 Å². The minimum absolute atomic E-state index is 0. The molecule has 0 aromatic rings. The van der Waals surface area contributed by atoms with Gasteiger partial charge in [0.05, 0.1) is 0 Å². The van der Waals surface area contributed by atoms with Crippen molar-refractivity contribution in [2.45, 2.75) is 0 Å². The Morgan fingerprint density at radius 3 is 1.00 bits per heavy atom. The van der Waals surface area contributed by atoms with Crippen LogP contribution in [0.15, 0.2) is 0 Å². The van der Waals surface area contributed by atoms with E-state index in [-0.39, 0.29) is 99.4 Å². The summed E-state index contributed by atoms with van der Waals surface area (Å²) >= 11 is 0. The molecule has 4 heavy (non-hydrogen) atoms. The number of hydrogen-bond acceptors (Lipinski definition) is 0. The third-order valence-corrected chi connectivity index (χ3v) is 0. The largest absolute Gasteiger partial charge is 0 e. The van der Waals surface area contributed by atoms with Gasteiger partial charge >= 0.3 is 0 Å². The summed E-state index contributed by atoms with van der Waals surface area (Å²) in [7, 11) is 0. The van der Waals surface area contributed by atoms with E-state index in [1.165, 1.54) is 0 Å². The molecule has 0 N–H and O–H groups in total. The first-order valence-electron chi connectivity index (χ1n) is 0. The minimum atomic E-state index is 0. The van der Waals surface area contributed by atoms with Crippen molar-refractivity contribution in [2.24, 2.45) is 0 Å². The van der Waals surface area contributed by atoms with Gasteiger partial charge in [0.2, 0.25) is 0 Å². The van der Waals surface area contributed by atoms with Gasteiger partial charge in [0.15, 0.2) is 0 Å². The van der Waals surface area contributed by atoms with Crippen LogP contribution >= 0.6 is 0 Å². The molecule has 0 heterocycles. The molecule has 20 valence electrons. The summed E-state index contributed by atoms with van der Waals surface area (Å²) in [5, 5.41) is 0. The van der Waals surface area contributed by atoms with Crippen LogP contribution in [0, 0.1) is 0 Å². The molecule has 4 heteroatoms. The van der Waals surface area contributed by atoms with Crippen LogP contribution in [0.1, 0.15) is 0 Å². The molecular formula is AgCdInSn. The Balaban J connectivity index is 0. The fourth-order valence-electron chi connectivity index (χ4n) is 0. The average molecular weight is 454 g/mol. The Labute approximate surface area is 97.3 Å². The van der Waals surface area contributed by atoms with Crippen LogP contribution in [-0.4, -0.2) is 49.8 Å². The first-order chi connectivity index (χ1) is 0. The molecular weight excluding hydrogens is 454 g/mol. The zero-order valence-electron chi connectivity index (χ0n) is 2.09. The monoisotopic (exact) mass is 456 g/mol. The maximum absolute atomic E-state index is 0. The van der Waals surface area contributed by atoms with Crippen LogP contribution in [0.5, 0.6) is 0 Å². The van der Waals surface area contributed by atoms with Crippen molar-refractivity contribution in [3.8, 4) is 0 Å². The van der Waals surface area contributed by atoms with Gasteiger partial charge in [-0.2, -0.15) is 0 Å². The summed E-state index contributed by atoms with van der Waals surface area (Å²) in [6.45, 7) is 0. The summed E-state index contributed by atoms with van der Waals surface area (Å²) < 4.78 is 0. The molecule has 0 aromatic heterocycles. The minimum Gasteiger partial charge on any atom is 0 e. The van der Waals surface area contributed by atoms with Crippen LogP contribution in [0.2, 0.25) is 0 Å². The predicted octanol–water partition coefficient (Wildman–Crippen LogP) is -0.767. The van der Waals surface area contributed by atoms with Crippen molar-refractivity contribution in [3.05, 3.63) is 0 Å². The maximum Gasteiger partial charge on any atom is 0 e. The van der Waals surface area contributed by atoms with Crippen LogP contribution in [-0.2, 0) is 49.7 Å². The molecule has 0 saturated carbocycles. The quantitative estimate of drug-likeness (QED) is 0.423. The summed E-state index contributed by atoms with van der Waals surface area (Å²) in [6, 6.07) is 0. The molecule has 0 rings (SSSR count). The van der Waals surface area contributed by atoms with E-state index in [1.54, 1.807) is 0 Å². The zero-order chi connectivity index (χ0) is 0. The normalized spacial score (nSPS) is 0. The summed E-state index contributed by atoms with van der Waals surface area (Å²) in [6.07, 6.45) is 0. The van der Waals surface area contributed by atoms with Gasteiger partial charge in [-0.05, 0) is 0 Å². The molecule has 0 aromatic carbocycles. The van der Waals surface area contributed by atoms with E-state index in [1.807, 2.05) is 0 Å². The first-order valence-corrected chi connectivity index (χ1v) is 0. The Kier molecular flexibility index (Phi) is 107. The van der Waals surface area contributed by atoms with Gasteiger partial charge in [0, 0.05) is 99.4 Å². The average Bonchev–Trinajstić information content (AvgIpc) is 0. The van der Waals surface area contributed by atoms with Crippen LogP contribution < -0.4 is 0 Å². The van der Waals surface area contributed by atoms with Crippen molar-refractivity contribution in [3.63, 3.8) is 0 Å². The molecule has 0 amide bonds. The van der Waals surface area contributed by atoms with Gasteiger partial charge in [-0.3, -0.25) is 0 Å². The second kappa shape index (κ2) is 16.2. The molecule has 0 unspecified atom stereocenters. The topological polar surface area (TPSA) is 0 Å². The van der Waals surface area contributed by atoms with E-state index in [2.05, 4.69) is 0 Å². The van der Waals surface area contributed by atoms with Gasteiger partial charge in [0.1, 0.15) is 0 Å². The van der Waals surface area contributed by atoms with Crippen molar-refractivity contribution < 1.29 is 49.7 Å². The third-order valence-electron chi connectivity index (χ3n) is 0. The SMILES string of the molecule is [Ag].[Cd].[In].[Sn]. The second-order valence-corrected chi connectivity index (χ2v) is 0. The number of rotatable bonds is 0. The van der Waals surface area contributed by atoms with Crippen LogP contribution in [0.25, 0.3) is 0 Å². The van der Waals surface area contributed by atoms with Crippen molar-refractivity contribution in [1.29, 1.82) is 0 Å². The van der Waals surface area contributed by atoms with Crippen molar-refractivity contribution in [2.75, 3.05) is 0 Å². The van der Waals surface area contributed by atoms with Crippen LogP contribution in [0.4, 0.5) is 0 Å². The molecule has 0 spiro atoms. The Morgan fingerprint density at radius 2 is 1.00 bits per heavy atom. The molecule has 0 nitrogen and oxygen atoms in total. The van der Waals surface area contributed by atoms with E-state index in [0.717, 1.165) is 0 Å². The van der Waals surface area contributed by atoms with Gasteiger partial charge in [-0.1, -0.05) is 0 Å². The van der Waals surface area contributed by atoms with E-state index >= 15 is 0 Å². The zero-order valence-corrected chi connectivity index (χ0v) is 13.8. The van der Waals surface area contributed by atoms with Crippen molar-refractivity contribution in [1.82, 2.24) is 0 Å². The predicted molar refractivity (Wildman–Crippen MR) is 11.5 cm³/mol. The molecule has 8 radical (unpaired) electrons. The molecule has 0 bridgehead atoms. The van der Waals surface area contributed by atoms with E-state index in [4.69, 9.17) is 0 Å².